The predicted molar refractivity (Wildman–Crippen MR) is 47.8 cm³/mol. The van der Waals surface area contributed by atoms with Gasteiger partial charge in [-0.15, -0.1) is 11.3 Å². The van der Waals surface area contributed by atoms with Crippen LogP contribution in [0.15, 0.2) is 12.5 Å². The SMILES string of the molecule is CC(=O)c1ncn2cc(C)sc12. The van der Waals surface area contributed by atoms with Crippen LogP contribution in [0.3, 0.4) is 0 Å². The molecule has 0 N–H and O–H groups in total. The molecule has 0 unspecified atom stereocenters. The fourth-order valence-corrected chi connectivity index (χ4v) is 2.13. The summed E-state index contributed by atoms with van der Waals surface area (Å²) in [5, 5.41) is 0. The van der Waals surface area contributed by atoms with Crippen LogP contribution in [-0.4, -0.2) is 15.2 Å². The van der Waals surface area contributed by atoms with E-state index in [2.05, 4.69) is 4.98 Å². The van der Waals surface area contributed by atoms with Crippen LogP contribution in [0.2, 0.25) is 0 Å². The molecule has 0 aromatic carbocycles. The van der Waals surface area contributed by atoms with Crippen molar-refractivity contribution in [3.63, 3.8) is 0 Å². The lowest BCUT2D eigenvalue weighted by molar-refractivity contribution is 0.101. The van der Waals surface area contributed by atoms with Crippen LogP contribution in [-0.2, 0) is 0 Å². The summed E-state index contributed by atoms with van der Waals surface area (Å²) in [6.45, 7) is 3.55. The van der Waals surface area contributed by atoms with Crippen LogP contribution in [0.1, 0.15) is 22.3 Å². The molecule has 2 heterocycles. The summed E-state index contributed by atoms with van der Waals surface area (Å²) in [6, 6.07) is 0. The smallest absolute Gasteiger partial charge is 0.181 e. The maximum atomic E-state index is 11.1. The first-order chi connectivity index (χ1) is 5.68. The molecule has 0 spiro atoms. The maximum Gasteiger partial charge on any atom is 0.181 e. The Balaban J connectivity index is 2.76. The summed E-state index contributed by atoms with van der Waals surface area (Å²) in [6.07, 6.45) is 3.65. The van der Waals surface area contributed by atoms with Gasteiger partial charge in [-0.3, -0.25) is 9.20 Å². The van der Waals surface area contributed by atoms with Crippen molar-refractivity contribution < 1.29 is 4.79 Å². The van der Waals surface area contributed by atoms with E-state index in [9.17, 15) is 4.79 Å². The van der Waals surface area contributed by atoms with Gasteiger partial charge in [0.25, 0.3) is 0 Å². The summed E-state index contributed by atoms with van der Waals surface area (Å²) in [5.41, 5.74) is 0.577. The quantitative estimate of drug-likeness (QED) is 0.628. The number of rotatable bonds is 1. The average molecular weight is 180 g/mol. The third-order valence-electron chi connectivity index (χ3n) is 1.66. The second kappa shape index (κ2) is 2.42. The van der Waals surface area contributed by atoms with Crippen LogP contribution in [0.4, 0.5) is 0 Å². The first-order valence-electron chi connectivity index (χ1n) is 3.62. The van der Waals surface area contributed by atoms with E-state index in [-0.39, 0.29) is 5.78 Å². The Morgan fingerprint density at radius 3 is 3.08 bits per heavy atom. The molecule has 0 aliphatic heterocycles. The summed E-state index contributed by atoms with van der Waals surface area (Å²) in [7, 11) is 0. The van der Waals surface area contributed by atoms with Gasteiger partial charge in [-0.25, -0.2) is 4.98 Å². The molecular formula is C8H8N2OS. The number of hydrogen-bond acceptors (Lipinski definition) is 3. The van der Waals surface area contributed by atoms with Gasteiger partial charge in [-0.1, -0.05) is 0 Å². The summed E-state index contributed by atoms with van der Waals surface area (Å²) in [5.74, 6) is 0.0272. The number of thiazole rings is 1. The van der Waals surface area contributed by atoms with Crippen molar-refractivity contribution in [2.75, 3.05) is 0 Å². The van der Waals surface area contributed by atoms with E-state index in [1.54, 1.807) is 17.7 Å². The number of hydrogen-bond donors (Lipinski definition) is 0. The molecule has 2 aromatic rings. The number of imidazole rings is 1. The fourth-order valence-electron chi connectivity index (χ4n) is 1.16. The van der Waals surface area contributed by atoms with Gasteiger partial charge >= 0.3 is 0 Å². The van der Waals surface area contributed by atoms with E-state index in [1.165, 1.54) is 11.8 Å². The predicted octanol–water partition coefficient (Wildman–Crippen LogP) is 1.91. The molecular weight excluding hydrogens is 172 g/mol. The third kappa shape index (κ3) is 0.956. The van der Waals surface area contributed by atoms with Crippen LogP contribution in [0.5, 0.6) is 0 Å². The molecule has 2 aromatic heterocycles. The Hall–Kier alpha value is -1.16. The van der Waals surface area contributed by atoms with E-state index in [4.69, 9.17) is 0 Å². The molecule has 62 valence electrons. The Morgan fingerprint density at radius 1 is 1.67 bits per heavy atom. The molecule has 0 fully saturated rings. The summed E-state index contributed by atoms with van der Waals surface area (Å²) < 4.78 is 1.89. The number of carbonyl (C=O) groups is 1. The van der Waals surface area contributed by atoms with Crippen LogP contribution in [0.25, 0.3) is 4.83 Å². The Kier molecular flexibility index (Phi) is 1.51. The van der Waals surface area contributed by atoms with Crippen molar-refractivity contribution in [1.29, 1.82) is 0 Å². The molecule has 3 nitrogen and oxygen atoms in total. The monoisotopic (exact) mass is 180 g/mol. The lowest BCUT2D eigenvalue weighted by Crippen LogP contribution is -1.90. The van der Waals surface area contributed by atoms with E-state index < -0.39 is 0 Å². The molecule has 0 bridgehead atoms. The van der Waals surface area contributed by atoms with Crippen molar-refractivity contribution in [1.82, 2.24) is 9.38 Å². The maximum absolute atomic E-state index is 11.1. The molecule has 12 heavy (non-hydrogen) atoms. The number of aryl methyl sites for hydroxylation is 1. The highest BCUT2D eigenvalue weighted by atomic mass is 32.1. The van der Waals surface area contributed by atoms with Gasteiger partial charge in [0.05, 0.1) is 0 Å². The van der Waals surface area contributed by atoms with Crippen LogP contribution in [0, 0.1) is 6.92 Å². The second-order valence-electron chi connectivity index (χ2n) is 2.70. The van der Waals surface area contributed by atoms with Crippen molar-refractivity contribution >= 4 is 22.0 Å². The lowest BCUT2D eigenvalue weighted by atomic mass is 10.3. The minimum atomic E-state index is 0.0272. The highest BCUT2D eigenvalue weighted by molar-refractivity contribution is 7.17. The number of carbonyl (C=O) groups excluding carboxylic acids is 1. The molecule has 0 amide bonds. The zero-order chi connectivity index (χ0) is 8.72. The van der Waals surface area contributed by atoms with Crippen molar-refractivity contribution in [2.24, 2.45) is 0 Å². The number of fused-ring (bicyclic) bond motifs is 1. The minimum Gasteiger partial charge on any atom is -0.296 e. The van der Waals surface area contributed by atoms with Crippen LogP contribution < -0.4 is 0 Å². The Bertz CT molecular complexity index is 441. The highest BCUT2D eigenvalue weighted by Crippen LogP contribution is 2.20. The molecule has 0 aliphatic carbocycles. The zero-order valence-corrected chi connectivity index (χ0v) is 7.68. The normalized spacial score (nSPS) is 10.8. The largest absolute Gasteiger partial charge is 0.296 e. The highest BCUT2D eigenvalue weighted by Gasteiger charge is 2.10. The van der Waals surface area contributed by atoms with Crippen LogP contribution >= 0.6 is 11.3 Å². The summed E-state index contributed by atoms with van der Waals surface area (Å²) >= 11 is 1.59. The summed E-state index contributed by atoms with van der Waals surface area (Å²) in [4.78, 5) is 17.2. The number of Topliss-reactive ketones (excluding diaryl/α,β-unsaturated/α-hetero) is 1. The average Bonchev–Trinajstić information content (AvgIpc) is 2.43. The van der Waals surface area contributed by atoms with E-state index in [0.717, 1.165) is 4.83 Å². The molecule has 0 atom stereocenters. The number of ketones is 1. The first-order valence-corrected chi connectivity index (χ1v) is 4.44. The zero-order valence-electron chi connectivity index (χ0n) is 6.87. The topological polar surface area (TPSA) is 34.4 Å². The fraction of sp³-hybridized carbons (Fsp3) is 0.250. The lowest BCUT2D eigenvalue weighted by Gasteiger charge is -1.83. The minimum absolute atomic E-state index is 0.0272. The van der Waals surface area contributed by atoms with Gasteiger partial charge in [0.15, 0.2) is 5.78 Å². The van der Waals surface area contributed by atoms with E-state index in [0.29, 0.717) is 5.69 Å². The van der Waals surface area contributed by atoms with Gasteiger partial charge in [-0.2, -0.15) is 0 Å². The molecule has 2 rings (SSSR count). The Labute approximate surface area is 73.7 Å². The van der Waals surface area contributed by atoms with Gasteiger partial charge in [0.1, 0.15) is 16.9 Å². The molecule has 4 heteroatoms. The van der Waals surface area contributed by atoms with E-state index in [1.807, 2.05) is 17.5 Å². The molecule has 0 radical (unpaired) electrons. The molecule has 0 saturated carbocycles. The molecule has 0 aliphatic rings. The Morgan fingerprint density at radius 2 is 2.42 bits per heavy atom. The third-order valence-corrected chi connectivity index (χ3v) is 2.69. The first kappa shape index (κ1) is 7.49. The van der Waals surface area contributed by atoms with Crippen molar-refractivity contribution in [3.8, 4) is 0 Å². The van der Waals surface area contributed by atoms with Crippen molar-refractivity contribution in [2.45, 2.75) is 13.8 Å². The van der Waals surface area contributed by atoms with Gasteiger partial charge in [0.2, 0.25) is 0 Å². The van der Waals surface area contributed by atoms with Gasteiger partial charge < -0.3 is 0 Å². The number of aromatic nitrogens is 2. The molecule has 0 saturated heterocycles. The standard InChI is InChI=1S/C8H8N2OS/c1-5-3-10-4-9-7(6(2)11)8(10)12-5/h3-4H,1-2H3. The second-order valence-corrected chi connectivity index (χ2v) is 3.94. The number of nitrogens with zero attached hydrogens (tertiary/aromatic N) is 2. The van der Waals surface area contributed by atoms with Crippen molar-refractivity contribution in [3.05, 3.63) is 23.1 Å². The van der Waals surface area contributed by atoms with E-state index >= 15 is 0 Å². The van der Waals surface area contributed by atoms with Gasteiger partial charge in [-0.05, 0) is 6.92 Å². The van der Waals surface area contributed by atoms with Gasteiger partial charge in [0, 0.05) is 18.0 Å².